The highest BCUT2D eigenvalue weighted by Gasteiger charge is 2.39. The number of fused-ring (bicyclic) bond motifs is 2. The molecule has 1 aromatic heterocycles. The Morgan fingerprint density at radius 1 is 0.933 bits per heavy atom. The lowest BCUT2D eigenvalue weighted by Crippen LogP contribution is -2.31. The number of aromatic nitrogens is 1. The summed E-state index contributed by atoms with van der Waals surface area (Å²) in [7, 11) is 2.10. The van der Waals surface area contributed by atoms with E-state index in [0.29, 0.717) is 6.54 Å². The van der Waals surface area contributed by atoms with Crippen LogP contribution in [0, 0.1) is 6.92 Å². The predicted octanol–water partition coefficient (Wildman–Crippen LogP) is 5.93. The van der Waals surface area contributed by atoms with Crippen LogP contribution in [0.1, 0.15) is 38.8 Å². The Hall–Kier alpha value is -3.04. The Balaban J connectivity index is 1.61. The van der Waals surface area contributed by atoms with Crippen molar-refractivity contribution in [3.63, 3.8) is 0 Å². The minimum absolute atomic E-state index is 0.0768. The summed E-state index contributed by atoms with van der Waals surface area (Å²) in [6.45, 7) is 2.81. The molecule has 0 saturated carbocycles. The van der Waals surface area contributed by atoms with Crippen molar-refractivity contribution in [1.82, 2.24) is 9.47 Å². The summed E-state index contributed by atoms with van der Waals surface area (Å²) in [5.74, 6) is 0.108. The second-order valence-electron chi connectivity index (χ2n) is 7.94. The normalized spacial score (nSPS) is 15.8. The van der Waals surface area contributed by atoms with Gasteiger partial charge in [-0.2, -0.15) is 0 Å². The highest BCUT2D eigenvalue weighted by atomic mass is 35.5. The van der Waals surface area contributed by atoms with Crippen LogP contribution in [0.15, 0.2) is 72.8 Å². The van der Waals surface area contributed by atoms with Crippen molar-refractivity contribution in [3.05, 3.63) is 106 Å². The molecule has 0 saturated heterocycles. The summed E-state index contributed by atoms with van der Waals surface area (Å²) in [6.07, 6.45) is 0.789. The minimum atomic E-state index is -0.0768. The lowest BCUT2D eigenvalue weighted by Gasteiger charge is -2.26. The van der Waals surface area contributed by atoms with E-state index >= 15 is 0 Å². The van der Waals surface area contributed by atoms with Crippen molar-refractivity contribution >= 4 is 28.4 Å². The molecule has 1 aliphatic heterocycles. The number of halogens is 1. The SMILES string of the molecule is Cc1c(C2c3ccccc3C(=O)N2CCc2ccc(Cl)cc2)c2ccccc2n1C. The summed E-state index contributed by atoms with van der Waals surface area (Å²) < 4.78 is 2.23. The van der Waals surface area contributed by atoms with E-state index in [1.54, 1.807) is 0 Å². The molecule has 1 amide bonds. The van der Waals surface area contributed by atoms with E-state index < -0.39 is 0 Å². The quantitative estimate of drug-likeness (QED) is 0.406. The Morgan fingerprint density at radius 2 is 1.63 bits per heavy atom. The van der Waals surface area contributed by atoms with Crippen LogP contribution in [-0.2, 0) is 13.5 Å². The van der Waals surface area contributed by atoms with Crippen LogP contribution in [0.3, 0.4) is 0 Å². The standard InChI is InChI=1S/C26H23ClN2O/c1-17-24(22-9-5-6-10-23(22)28(17)2)25-20-7-3-4-8-21(20)26(30)29(25)16-15-18-11-13-19(27)14-12-18/h3-14,25H,15-16H2,1-2H3. The molecule has 3 nitrogen and oxygen atoms in total. The van der Waals surface area contributed by atoms with E-state index in [-0.39, 0.29) is 11.9 Å². The Labute approximate surface area is 181 Å². The van der Waals surface area contributed by atoms with Crippen molar-refractivity contribution in [1.29, 1.82) is 0 Å². The maximum atomic E-state index is 13.4. The summed E-state index contributed by atoms with van der Waals surface area (Å²) >= 11 is 6.03. The van der Waals surface area contributed by atoms with E-state index in [4.69, 9.17) is 11.6 Å². The molecule has 0 aliphatic carbocycles. The van der Waals surface area contributed by atoms with Crippen molar-refractivity contribution in [2.75, 3.05) is 6.54 Å². The first-order valence-electron chi connectivity index (χ1n) is 10.2. The molecule has 0 N–H and O–H groups in total. The number of hydrogen-bond acceptors (Lipinski definition) is 1. The molecule has 1 atom stereocenters. The van der Waals surface area contributed by atoms with Crippen molar-refractivity contribution in [2.24, 2.45) is 7.05 Å². The second kappa shape index (κ2) is 7.33. The highest BCUT2D eigenvalue weighted by Crippen LogP contribution is 2.43. The molecular formula is C26H23ClN2O. The van der Waals surface area contributed by atoms with Gasteiger partial charge in [-0.15, -0.1) is 0 Å². The maximum absolute atomic E-state index is 13.4. The van der Waals surface area contributed by atoms with Gasteiger partial charge in [-0.3, -0.25) is 4.79 Å². The summed E-state index contributed by atoms with van der Waals surface area (Å²) in [5, 5.41) is 1.94. The van der Waals surface area contributed by atoms with Gasteiger partial charge in [0.2, 0.25) is 0 Å². The molecule has 4 aromatic rings. The molecule has 1 aliphatic rings. The van der Waals surface area contributed by atoms with Gasteiger partial charge in [-0.1, -0.05) is 60.1 Å². The summed E-state index contributed by atoms with van der Waals surface area (Å²) in [5.41, 5.74) is 6.70. The van der Waals surface area contributed by atoms with Crippen molar-refractivity contribution in [3.8, 4) is 0 Å². The number of benzene rings is 3. The molecule has 0 bridgehead atoms. The second-order valence-corrected chi connectivity index (χ2v) is 8.38. The minimum Gasteiger partial charge on any atom is -0.348 e. The van der Waals surface area contributed by atoms with Gasteiger partial charge >= 0.3 is 0 Å². The molecule has 30 heavy (non-hydrogen) atoms. The molecule has 0 fully saturated rings. The first-order chi connectivity index (χ1) is 14.6. The van der Waals surface area contributed by atoms with Gasteiger partial charge in [-0.05, 0) is 48.7 Å². The molecule has 1 unspecified atom stereocenters. The fraction of sp³-hybridized carbons (Fsp3) is 0.192. The van der Waals surface area contributed by atoms with Gasteiger partial charge in [0.15, 0.2) is 0 Å². The maximum Gasteiger partial charge on any atom is 0.255 e. The molecule has 5 rings (SSSR count). The van der Waals surface area contributed by atoms with Crippen LogP contribution in [0.5, 0.6) is 0 Å². The number of hydrogen-bond donors (Lipinski definition) is 0. The van der Waals surface area contributed by atoms with Gasteiger partial charge < -0.3 is 9.47 Å². The summed E-state index contributed by atoms with van der Waals surface area (Å²) in [6, 6.07) is 24.3. The average molecular weight is 415 g/mol. The van der Waals surface area contributed by atoms with Crippen molar-refractivity contribution in [2.45, 2.75) is 19.4 Å². The number of para-hydroxylation sites is 1. The lowest BCUT2D eigenvalue weighted by atomic mass is 9.95. The molecule has 150 valence electrons. The molecular weight excluding hydrogens is 392 g/mol. The summed E-state index contributed by atoms with van der Waals surface area (Å²) in [4.78, 5) is 15.4. The third kappa shape index (κ3) is 2.93. The number of amides is 1. The van der Waals surface area contributed by atoms with Gasteiger partial charge in [0, 0.05) is 46.3 Å². The zero-order chi connectivity index (χ0) is 20.8. The first-order valence-corrected chi connectivity index (χ1v) is 10.6. The number of rotatable bonds is 4. The number of carbonyl (C=O) groups is 1. The highest BCUT2D eigenvalue weighted by molar-refractivity contribution is 6.30. The fourth-order valence-corrected chi connectivity index (χ4v) is 4.83. The van der Waals surface area contributed by atoms with E-state index in [2.05, 4.69) is 48.9 Å². The zero-order valence-corrected chi connectivity index (χ0v) is 17.9. The number of aryl methyl sites for hydroxylation is 1. The predicted molar refractivity (Wildman–Crippen MR) is 122 cm³/mol. The van der Waals surface area contributed by atoms with Gasteiger partial charge in [0.05, 0.1) is 6.04 Å². The Bertz CT molecular complexity index is 1260. The van der Waals surface area contributed by atoms with Crippen LogP contribution in [0.25, 0.3) is 10.9 Å². The van der Waals surface area contributed by atoms with Crippen LogP contribution in [0.4, 0.5) is 0 Å². The van der Waals surface area contributed by atoms with E-state index in [1.807, 2.05) is 47.4 Å². The topological polar surface area (TPSA) is 25.2 Å². The molecule has 0 radical (unpaired) electrons. The van der Waals surface area contributed by atoms with Crippen LogP contribution in [0.2, 0.25) is 5.02 Å². The first kappa shape index (κ1) is 19.0. The molecule has 4 heteroatoms. The average Bonchev–Trinajstić information content (AvgIpc) is 3.19. The van der Waals surface area contributed by atoms with Gasteiger partial charge in [-0.25, -0.2) is 0 Å². The number of carbonyl (C=O) groups excluding carboxylic acids is 1. The van der Waals surface area contributed by atoms with E-state index in [1.165, 1.54) is 27.7 Å². The van der Waals surface area contributed by atoms with Crippen molar-refractivity contribution < 1.29 is 4.79 Å². The molecule has 0 spiro atoms. The Kier molecular flexibility index (Phi) is 4.63. The molecule has 3 aromatic carbocycles. The zero-order valence-electron chi connectivity index (χ0n) is 17.1. The van der Waals surface area contributed by atoms with Gasteiger partial charge in [0.25, 0.3) is 5.91 Å². The smallest absolute Gasteiger partial charge is 0.255 e. The molecule has 2 heterocycles. The largest absolute Gasteiger partial charge is 0.348 e. The van der Waals surface area contributed by atoms with E-state index in [0.717, 1.165) is 22.6 Å². The monoisotopic (exact) mass is 414 g/mol. The van der Waals surface area contributed by atoms with Crippen LogP contribution < -0.4 is 0 Å². The fourth-order valence-electron chi connectivity index (χ4n) is 4.71. The Morgan fingerprint density at radius 3 is 2.43 bits per heavy atom. The number of nitrogens with zero attached hydrogens (tertiary/aromatic N) is 2. The lowest BCUT2D eigenvalue weighted by molar-refractivity contribution is 0.0752. The van der Waals surface area contributed by atoms with Crippen LogP contribution in [-0.4, -0.2) is 21.9 Å². The van der Waals surface area contributed by atoms with Gasteiger partial charge in [0.1, 0.15) is 0 Å². The third-order valence-corrected chi connectivity index (χ3v) is 6.59. The third-order valence-electron chi connectivity index (χ3n) is 6.33. The van der Waals surface area contributed by atoms with E-state index in [9.17, 15) is 4.79 Å². The van der Waals surface area contributed by atoms with Crippen LogP contribution >= 0.6 is 11.6 Å².